The first-order valence-corrected chi connectivity index (χ1v) is 11.8. The Hall–Kier alpha value is 0.0700. The number of hydrogen-bond donors (Lipinski definition) is 2. The molecule has 3 N–H and O–H groups in total. The van der Waals surface area contributed by atoms with Crippen LogP contribution in [-0.2, 0) is 0 Å². The molecule has 0 bridgehead atoms. The molecule has 0 aromatic carbocycles. The van der Waals surface area contributed by atoms with Gasteiger partial charge in [-0.15, -0.1) is 0 Å². The fourth-order valence-corrected chi connectivity index (χ4v) is 6.08. The monoisotopic (exact) mass is 425 g/mol. The third-order valence-corrected chi connectivity index (χ3v) is 7.63. The molecule has 1 saturated heterocycles. The second-order valence-corrected chi connectivity index (χ2v) is 9.52. The summed E-state index contributed by atoms with van der Waals surface area (Å²) in [4.78, 5) is 0. The molecule has 4 aliphatic rings. The van der Waals surface area contributed by atoms with Crippen LogP contribution >= 0.6 is 9.24 Å². The lowest BCUT2D eigenvalue weighted by molar-refractivity contribution is -0.00897. The first-order valence-electron chi connectivity index (χ1n) is 10.8. The highest BCUT2D eigenvalue weighted by Crippen LogP contribution is 2.57. The number of nitrogens with one attached hydrogen (secondary N) is 1. The molecule has 4 fully saturated rings. The molecular weight excluding hydrogens is 387 g/mol. The first kappa shape index (κ1) is 24.3. The molecule has 0 amide bonds. The van der Waals surface area contributed by atoms with Gasteiger partial charge < -0.3 is 20.3 Å². The Morgan fingerprint density at radius 1 is 0.786 bits per heavy atom. The Bertz CT molecular complexity index is 445. The Balaban J connectivity index is 0.000000184. The van der Waals surface area contributed by atoms with Gasteiger partial charge in [-0.25, -0.2) is 17.6 Å². The van der Waals surface area contributed by atoms with E-state index >= 15 is 0 Å². The van der Waals surface area contributed by atoms with Gasteiger partial charge >= 0.3 is 0 Å². The Morgan fingerprint density at radius 2 is 1.29 bits per heavy atom. The van der Waals surface area contributed by atoms with Crippen LogP contribution in [0.15, 0.2) is 0 Å². The smallest absolute Gasteiger partial charge is 0.250 e. The van der Waals surface area contributed by atoms with Gasteiger partial charge in [0.2, 0.25) is 11.8 Å². The lowest BCUT2D eigenvalue weighted by Gasteiger charge is -2.37. The predicted octanol–water partition coefficient (Wildman–Crippen LogP) is 5.87. The van der Waals surface area contributed by atoms with Crippen molar-refractivity contribution < 1.29 is 17.6 Å². The van der Waals surface area contributed by atoms with E-state index in [2.05, 4.69) is 14.6 Å². The topological polar surface area (TPSA) is 38.0 Å². The van der Waals surface area contributed by atoms with Crippen LogP contribution < -0.4 is 11.1 Å². The van der Waals surface area contributed by atoms with Gasteiger partial charge in [0, 0.05) is 31.7 Å². The van der Waals surface area contributed by atoms with Crippen LogP contribution in [0.25, 0.3) is 0 Å². The quantitative estimate of drug-likeness (QED) is 0.376. The molecule has 2 nitrogen and oxygen atoms in total. The normalized spacial score (nSPS) is 34.3. The summed E-state index contributed by atoms with van der Waals surface area (Å²) >= 11 is 0. The highest BCUT2D eigenvalue weighted by Gasteiger charge is 2.55. The van der Waals surface area contributed by atoms with Crippen LogP contribution in [0.1, 0.15) is 77.6 Å². The van der Waals surface area contributed by atoms with Crippen LogP contribution in [0.4, 0.5) is 17.6 Å². The van der Waals surface area contributed by atoms with Crippen molar-refractivity contribution in [3.63, 3.8) is 0 Å². The molecule has 166 valence electrons. The second-order valence-electron chi connectivity index (χ2n) is 9.52. The summed E-state index contributed by atoms with van der Waals surface area (Å²) in [5.41, 5.74) is 5.56. The van der Waals surface area contributed by atoms with E-state index in [0.29, 0.717) is 0 Å². The summed E-state index contributed by atoms with van der Waals surface area (Å²) in [6.07, 6.45) is 7.48. The largest absolute Gasteiger partial charge is 0.562 e. The van der Waals surface area contributed by atoms with Crippen molar-refractivity contribution >= 4 is 9.24 Å². The zero-order valence-electron chi connectivity index (χ0n) is 17.4. The molecule has 0 aromatic rings. The maximum atomic E-state index is 13.2. The van der Waals surface area contributed by atoms with E-state index in [1.807, 2.05) is 6.92 Å². The van der Waals surface area contributed by atoms with Crippen molar-refractivity contribution in [3.8, 4) is 0 Å². The number of nitrogens with two attached hydrogens (primary N) is 1. The third kappa shape index (κ3) is 5.60. The van der Waals surface area contributed by atoms with Gasteiger partial charge in [-0.05, 0) is 55.5 Å². The maximum Gasteiger partial charge on any atom is 0.250 e. The Morgan fingerprint density at radius 3 is 1.71 bits per heavy atom. The van der Waals surface area contributed by atoms with Gasteiger partial charge in [-0.1, -0.05) is 26.2 Å². The molecule has 0 unspecified atom stereocenters. The molecule has 4 rings (SSSR count). The zero-order valence-corrected chi connectivity index (χ0v) is 18.4. The fraction of sp³-hybridized carbons (Fsp3) is 1.00. The van der Waals surface area contributed by atoms with E-state index in [1.165, 1.54) is 19.3 Å². The lowest BCUT2D eigenvalue weighted by atomic mass is 9.68. The summed E-state index contributed by atoms with van der Waals surface area (Å²) in [5.74, 6) is -4.64. The Kier molecular flexibility index (Phi) is 8.23. The number of piperidine rings is 1. The minimum absolute atomic E-state index is 0.00282. The van der Waals surface area contributed by atoms with Gasteiger partial charge in [-0.3, -0.25) is 0 Å². The molecule has 1 heterocycles. The van der Waals surface area contributed by atoms with Crippen LogP contribution in [-0.4, -0.2) is 37.6 Å². The maximum absolute atomic E-state index is 13.2. The molecule has 3 saturated carbocycles. The molecule has 2 spiro atoms. The summed E-state index contributed by atoms with van der Waals surface area (Å²) < 4.78 is 52.7. The van der Waals surface area contributed by atoms with Crippen LogP contribution in [0, 0.1) is 16.7 Å². The molecule has 0 radical (unpaired) electrons. The summed E-state index contributed by atoms with van der Waals surface area (Å²) in [7, 11) is 2.97. The predicted molar refractivity (Wildman–Crippen MR) is 110 cm³/mol. The molecule has 1 aliphatic heterocycles. The van der Waals surface area contributed by atoms with Crippen LogP contribution in [0.2, 0.25) is 0 Å². The molecular formula is C21H38F4N2P-. The number of hydrogen-bond acceptors (Lipinski definition) is 2. The number of halogens is 4. The van der Waals surface area contributed by atoms with Crippen LogP contribution in [0.3, 0.4) is 0 Å². The first-order chi connectivity index (χ1) is 13.1. The lowest BCUT2D eigenvalue weighted by Crippen LogP contribution is -2.45. The van der Waals surface area contributed by atoms with Crippen molar-refractivity contribution in [2.45, 2.75) is 95.4 Å². The minimum atomic E-state index is -2.52. The molecule has 28 heavy (non-hydrogen) atoms. The average Bonchev–Trinajstić information content (AvgIpc) is 2.98. The summed E-state index contributed by atoms with van der Waals surface area (Å²) in [6, 6.07) is -0.301. The molecule has 3 aliphatic carbocycles. The van der Waals surface area contributed by atoms with E-state index in [1.54, 1.807) is 6.66 Å². The minimum Gasteiger partial charge on any atom is -0.562 e. The van der Waals surface area contributed by atoms with E-state index < -0.39 is 11.8 Å². The van der Waals surface area contributed by atoms with Crippen molar-refractivity contribution in [2.24, 2.45) is 22.5 Å². The van der Waals surface area contributed by atoms with Gasteiger partial charge in [0.15, 0.2) is 0 Å². The fourth-order valence-electron chi connectivity index (χ4n) is 6.08. The third-order valence-electron chi connectivity index (χ3n) is 7.63. The summed E-state index contributed by atoms with van der Waals surface area (Å²) in [5, 5.41) is 3.18. The molecule has 0 aromatic heterocycles. The van der Waals surface area contributed by atoms with Gasteiger partial charge in [0.25, 0.3) is 0 Å². The average molecular weight is 426 g/mol. The second kappa shape index (κ2) is 9.47. The van der Waals surface area contributed by atoms with Crippen molar-refractivity contribution in [1.29, 1.82) is 0 Å². The molecule has 2 atom stereocenters. The number of rotatable bonds is 0. The van der Waals surface area contributed by atoms with Crippen LogP contribution in [0.5, 0.6) is 0 Å². The highest BCUT2D eigenvalue weighted by molar-refractivity contribution is 7.15. The van der Waals surface area contributed by atoms with Crippen molar-refractivity contribution in [2.75, 3.05) is 19.8 Å². The highest BCUT2D eigenvalue weighted by atomic mass is 31.0. The van der Waals surface area contributed by atoms with Gasteiger partial charge in [0.1, 0.15) is 0 Å². The SMILES string of the molecule is C[C@@H]1CC(F)(F)CC12CCCCC2.C[PH-].N[C@@H]1CC(F)(F)CC12CCNCC2. The van der Waals surface area contributed by atoms with E-state index in [4.69, 9.17) is 5.73 Å². The number of alkyl halides is 4. The standard InChI is InChI=1S/C11H18F2.C9H16F2N2.CH4P/c1-9-7-11(12,13)8-10(9)5-3-2-4-6-10;10-9(11)5-7(12)8(6-9)1-3-13-4-2-8;1-2/h9H,2-8H2,1H3;7,13H,1-6,12H2;2H,1H3/q;;-1/t9-;7-;/m11./s1. The van der Waals surface area contributed by atoms with Crippen molar-refractivity contribution in [1.82, 2.24) is 5.32 Å². The Labute approximate surface area is 170 Å². The van der Waals surface area contributed by atoms with E-state index in [-0.39, 0.29) is 48.5 Å². The summed E-state index contributed by atoms with van der Waals surface area (Å²) in [6.45, 7) is 5.50. The van der Waals surface area contributed by atoms with E-state index in [9.17, 15) is 17.6 Å². The van der Waals surface area contributed by atoms with Crippen molar-refractivity contribution in [3.05, 3.63) is 0 Å². The zero-order chi connectivity index (χ0) is 21.1. The van der Waals surface area contributed by atoms with E-state index in [0.717, 1.165) is 38.8 Å². The van der Waals surface area contributed by atoms with Gasteiger partial charge in [0.05, 0.1) is 0 Å². The van der Waals surface area contributed by atoms with Gasteiger partial charge in [-0.2, -0.15) is 6.66 Å². The molecule has 7 heteroatoms.